The van der Waals surface area contributed by atoms with Crippen molar-refractivity contribution >= 4 is 35.3 Å². The first kappa shape index (κ1) is 21.8. The lowest BCUT2D eigenvalue weighted by molar-refractivity contribution is -0.141. The first-order valence-corrected chi connectivity index (χ1v) is 9.82. The Morgan fingerprint density at radius 2 is 1.78 bits per heavy atom. The number of hydrogen-bond acceptors (Lipinski definition) is 4. The molecule has 7 heteroatoms. The van der Waals surface area contributed by atoms with Gasteiger partial charge in [0.2, 0.25) is 0 Å². The second kappa shape index (κ2) is 8.70. The number of piperidine rings is 1. The van der Waals surface area contributed by atoms with Crippen LogP contribution in [0.2, 0.25) is 10.0 Å². The minimum atomic E-state index is -0.528. The highest BCUT2D eigenvalue weighted by atomic mass is 35.5. The molecule has 1 aromatic carbocycles. The molecular formula is C20H27Cl2NO4. The number of hydrogen-bond donors (Lipinski definition) is 0. The van der Waals surface area contributed by atoms with Crippen LogP contribution in [-0.4, -0.2) is 42.8 Å². The molecule has 0 aliphatic carbocycles. The van der Waals surface area contributed by atoms with Crippen LogP contribution in [0.15, 0.2) is 18.2 Å². The summed E-state index contributed by atoms with van der Waals surface area (Å²) in [6, 6.07) is 5.60. The Morgan fingerprint density at radius 1 is 1.15 bits per heavy atom. The maximum absolute atomic E-state index is 12.4. The Balaban J connectivity index is 2.19. The molecule has 1 aliphatic heterocycles. The Bertz CT molecular complexity index is 692. The van der Waals surface area contributed by atoms with Crippen molar-refractivity contribution in [1.29, 1.82) is 0 Å². The van der Waals surface area contributed by atoms with Crippen molar-refractivity contribution in [3.8, 4) is 0 Å². The second-order valence-corrected chi connectivity index (χ2v) is 8.77. The Hall–Kier alpha value is -1.46. The number of carbonyl (C=O) groups is 2. The third-order valence-corrected chi connectivity index (χ3v) is 5.68. The number of amides is 1. The largest absolute Gasteiger partial charge is 0.469 e. The lowest BCUT2D eigenvalue weighted by Crippen LogP contribution is -2.47. The molecule has 0 unspecified atom stereocenters. The summed E-state index contributed by atoms with van der Waals surface area (Å²) in [5.41, 5.74) is 0.242. The number of esters is 1. The van der Waals surface area contributed by atoms with Crippen LogP contribution < -0.4 is 0 Å². The molecule has 1 aliphatic rings. The van der Waals surface area contributed by atoms with E-state index < -0.39 is 5.60 Å². The predicted molar refractivity (Wildman–Crippen MR) is 106 cm³/mol. The second-order valence-electron chi connectivity index (χ2n) is 7.95. The van der Waals surface area contributed by atoms with Gasteiger partial charge in [0.05, 0.1) is 17.2 Å². The van der Waals surface area contributed by atoms with Crippen LogP contribution in [0.25, 0.3) is 0 Å². The van der Waals surface area contributed by atoms with Gasteiger partial charge in [-0.3, -0.25) is 4.79 Å². The summed E-state index contributed by atoms with van der Waals surface area (Å²) in [6.07, 6.45) is 2.05. The van der Waals surface area contributed by atoms with E-state index in [0.29, 0.717) is 48.8 Å². The minimum absolute atomic E-state index is 0.246. The molecule has 27 heavy (non-hydrogen) atoms. The van der Waals surface area contributed by atoms with Crippen molar-refractivity contribution in [2.24, 2.45) is 0 Å². The summed E-state index contributed by atoms with van der Waals surface area (Å²) in [7, 11) is 1.39. The molecule has 5 nitrogen and oxygen atoms in total. The zero-order chi connectivity index (χ0) is 20.2. The molecular weight excluding hydrogens is 389 g/mol. The molecule has 1 saturated heterocycles. The van der Waals surface area contributed by atoms with E-state index in [0.717, 1.165) is 5.56 Å². The van der Waals surface area contributed by atoms with Gasteiger partial charge in [0.1, 0.15) is 5.60 Å². The van der Waals surface area contributed by atoms with Crippen LogP contribution in [-0.2, 0) is 19.7 Å². The number of nitrogens with zero attached hydrogens (tertiary/aromatic N) is 1. The van der Waals surface area contributed by atoms with Gasteiger partial charge in [0.15, 0.2) is 0 Å². The van der Waals surface area contributed by atoms with E-state index in [-0.39, 0.29) is 17.5 Å². The van der Waals surface area contributed by atoms with E-state index in [4.69, 9.17) is 32.7 Å². The van der Waals surface area contributed by atoms with Crippen molar-refractivity contribution in [3.05, 3.63) is 33.8 Å². The SMILES string of the molecule is COC(=O)CCC1(c2ccc(Cl)c(Cl)c2)CCN(C(=O)OC(C)(C)C)CC1. The molecule has 0 spiro atoms. The monoisotopic (exact) mass is 415 g/mol. The molecule has 1 fully saturated rings. The van der Waals surface area contributed by atoms with Gasteiger partial charge in [-0.25, -0.2) is 4.79 Å². The lowest BCUT2D eigenvalue weighted by Gasteiger charge is -2.42. The van der Waals surface area contributed by atoms with Crippen molar-refractivity contribution in [2.45, 2.75) is 57.5 Å². The number of likely N-dealkylation sites (tertiary alicyclic amines) is 1. The molecule has 2 rings (SSSR count). The van der Waals surface area contributed by atoms with E-state index in [1.54, 1.807) is 11.0 Å². The molecule has 0 saturated carbocycles. The Kier molecular flexibility index (Phi) is 7.03. The third-order valence-electron chi connectivity index (χ3n) is 4.94. The number of benzene rings is 1. The highest BCUT2D eigenvalue weighted by Gasteiger charge is 2.39. The zero-order valence-corrected chi connectivity index (χ0v) is 17.8. The number of halogens is 2. The molecule has 0 N–H and O–H groups in total. The van der Waals surface area contributed by atoms with Crippen molar-refractivity contribution in [3.63, 3.8) is 0 Å². The highest BCUT2D eigenvalue weighted by molar-refractivity contribution is 6.42. The predicted octanol–water partition coefficient (Wildman–Crippen LogP) is 5.22. The summed E-state index contributed by atoms with van der Waals surface area (Å²) < 4.78 is 10.3. The zero-order valence-electron chi connectivity index (χ0n) is 16.3. The molecule has 0 atom stereocenters. The molecule has 0 radical (unpaired) electrons. The maximum atomic E-state index is 12.4. The topological polar surface area (TPSA) is 55.8 Å². The first-order valence-electron chi connectivity index (χ1n) is 9.07. The van der Waals surface area contributed by atoms with Gasteiger partial charge in [0, 0.05) is 19.5 Å². The van der Waals surface area contributed by atoms with Crippen LogP contribution in [0.5, 0.6) is 0 Å². The number of carbonyl (C=O) groups excluding carboxylic acids is 2. The first-order chi connectivity index (χ1) is 12.6. The average Bonchev–Trinajstić information content (AvgIpc) is 2.61. The van der Waals surface area contributed by atoms with Crippen molar-refractivity contribution < 1.29 is 19.1 Å². The van der Waals surface area contributed by atoms with E-state index in [1.807, 2.05) is 32.9 Å². The normalized spacial score (nSPS) is 16.7. The summed E-state index contributed by atoms with van der Waals surface area (Å²) >= 11 is 12.3. The van der Waals surface area contributed by atoms with E-state index >= 15 is 0 Å². The Labute approximate surface area is 170 Å². The molecule has 150 valence electrons. The quantitative estimate of drug-likeness (QED) is 0.632. The maximum Gasteiger partial charge on any atom is 0.410 e. The number of ether oxygens (including phenoxy) is 2. The molecule has 0 bridgehead atoms. The lowest BCUT2D eigenvalue weighted by atomic mass is 9.70. The van der Waals surface area contributed by atoms with Gasteiger partial charge in [0.25, 0.3) is 0 Å². The van der Waals surface area contributed by atoms with Gasteiger partial charge in [-0.05, 0) is 63.1 Å². The summed E-state index contributed by atoms with van der Waals surface area (Å²) in [4.78, 5) is 25.8. The summed E-state index contributed by atoms with van der Waals surface area (Å²) in [6.45, 7) is 6.66. The number of methoxy groups -OCH3 is 1. The summed E-state index contributed by atoms with van der Waals surface area (Å²) in [5.74, 6) is -0.246. The van der Waals surface area contributed by atoms with Gasteiger partial charge in [-0.2, -0.15) is 0 Å². The van der Waals surface area contributed by atoms with Crippen LogP contribution in [0, 0.1) is 0 Å². The highest BCUT2D eigenvalue weighted by Crippen LogP contribution is 2.42. The van der Waals surface area contributed by atoms with Gasteiger partial charge in [-0.1, -0.05) is 29.3 Å². The summed E-state index contributed by atoms with van der Waals surface area (Å²) in [5, 5.41) is 0.982. The fraction of sp³-hybridized carbons (Fsp3) is 0.600. The van der Waals surface area contributed by atoms with E-state index in [1.165, 1.54) is 7.11 Å². The van der Waals surface area contributed by atoms with Crippen molar-refractivity contribution in [1.82, 2.24) is 4.90 Å². The molecule has 0 aromatic heterocycles. The van der Waals surface area contributed by atoms with Crippen LogP contribution >= 0.6 is 23.2 Å². The van der Waals surface area contributed by atoms with Crippen LogP contribution in [0.3, 0.4) is 0 Å². The molecule has 1 amide bonds. The van der Waals surface area contributed by atoms with E-state index in [2.05, 4.69) is 0 Å². The smallest absolute Gasteiger partial charge is 0.410 e. The van der Waals surface area contributed by atoms with Gasteiger partial charge in [-0.15, -0.1) is 0 Å². The molecule has 1 heterocycles. The fourth-order valence-corrected chi connectivity index (χ4v) is 3.69. The van der Waals surface area contributed by atoms with Crippen molar-refractivity contribution in [2.75, 3.05) is 20.2 Å². The fourth-order valence-electron chi connectivity index (χ4n) is 3.40. The van der Waals surface area contributed by atoms with Crippen LogP contribution in [0.1, 0.15) is 52.0 Å². The van der Waals surface area contributed by atoms with Crippen LogP contribution in [0.4, 0.5) is 4.79 Å². The van der Waals surface area contributed by atoms with Gasteiger partial charge < -0.3 is 14.4 Å². The number of rotatable bonds is 4. The van der Waals surface area contributed by atoms with E-state index in [9.17, 15) is 9.59 Å². The Morgan fingerprint density at radius 3 is 2.30 bits per heavy atom. The van der Waals surface area contributed by atoms with Gasteiger partial charge >= 0.3 is 12.1 Å². The minimum Gasteiger partial charge on any atom is -0.469 e. The molecule has 1 aromatic rings. The standard InChI is InChI=1S/C20H27Cl2NO4/c1-19(2,3)27-18(25)23-11-9-20(10-12-23,8-7-17(24)26-4)14-5-6-15(21)16(22)13-14/h5-6,13H,7-12H2,1-4H3. The average molecular weight is 416 g/mol. The third kappa shape index (κ3) is 5.76.